The van der Waals surface area contributed by atoms with Gasteiger partial charge in [-0.05, 0) is 25.7 Å². The Morgan fingerprint density at radius 2 is 2.07 bits per heavy atom. The second-order valence-electron chi connectivity index (χ2n) is 4.32. The monoisotopic (exact) mass is 207 g/mol. The van der Waals surface area contributed by atoms with Crippen molar-refractivity contribution in [2.45, 2.75) is 40.5 Å². The first-order chi connectivity index (χ1) is 7.15. The van der Waals surface area contributed by atoms with E-state index in [4.69, 9.17) is 0 Å². The van der Waals surface area contributed by atoms with Crippen molar-refractivity contribution in [3.05, 3.63) is 17.6 Å². The molecule has 15 heavy (non-hydrogen) atoms. The summed E-state index contributed by atoms with van der Waals surface area (Å²) in [6, 6.07) is 0. The van der Waals surface area contributed by atoms with Crippen molar-refractivity contribution < 1.29 is 0 Å². The lowest BCUT2D eigenvalue weighted by molar-refractivity contribution is 0.631. The topological polar surface area (TPSA) is 37.8 Å². The first kappa shape index (κ1) is 12.0. The van der Waals surface area contributed by atoms with Gasteiger partial charge in [0.05, 0.1) is 0 Å². The van der Waals surface area contributed by atoms with E-state index in [-0.39, 0.29) is 0 Å². The Kier molecular flexibility index (Phi) is 4.53. The first-order valence-corrected chi connectivity index (χ1v) is 5.69. The van der Waals surface area contributed by atoms with Crippen molar-refractivity contribution in [2.75, 3.05) is 11.9 Å². The fraction of sp³-hybridized carbons (Fsp3) is 0.667. The van der Waals surface area contributed by atoms with Crippen LogP contribution in [-0.4, -0.2) is 16.5 Å². The molecule has 0 aliphatic carbocycles. The lowest BCUT2D eigenvalue weighted by Gasteiger charge is -2.11. The Morgan fingerprint density at radius 3 is 2.67 bits per heavy atom. The second kappa shape index (κ2) is 5.69. The maximum Gasteiger partial charge on any atom is 0.132 e. The molecule has 0 saturated carbocycles. The van der Waals surface area contributed by atoms with E-state index in [1.165, 1.54) is 11.3 Å². The van der Waals surface area contributed by atoms with Crippen LogP contribution in [0.5, 0.6) is 0 Å². The highest BCUT2D eigenvalue weighted by molar-refractivity contribution is 5.44. The molecule has 0 radical (unpaired) electrons. The smallest absolute Gasteiger partial charge is 0.132 e. The minimum Gasteiger partial charge on any atom is -0.370 e. The van der Waals surface area contributed by atoms with Crippen LogP contribution in [0.3, 0.4) is 0 Å². The molecule has 0 amide bonds. The fourth-order valence-corrected chi connectivity index (χ4v) is 1.50. The minimum atomic E-state index is 0.637. The van der Waals surface area contributed by atoms with Gasteiger partial charge in [-0.25, -0.2) is 9.97 Å². The van der Waals surface area contributed by atoms with Gasteiger partial charge in [0.25, 0.3) is 0 Å². The SMILES string of the molecule is CCCNc1ncnc(CC(C)C)c1C. The third kappa shape index (κ3) is 3.50. The molecular weight excluding hydrogens is 186 g/mol. The van der Waals surface area contributed by atoms with Gasteiger partial charge in [0.15, 0.2) is 0 Å². The summed E-state index contributed by atoms with van der Waals surface area (Å²) in [6.07, 6.45) is 3.79. The summed E-state index contributed by atoms with van der Waals surface area (Å²) in [5, 5.41) is 3.33. The number of nitrogens with zero attached hydrogens (tertiary/aromatic N) is 2. The molecule has 1 rings (SSSR count). The summed E-state index contributed by atoms with van der Waals surface area (Å²) in [6.45, 7) is 9.63. The molecule has 0 aromatic carbocycles. The van der Waals surface area contributed by atoms with Crippen LogP contribution in [-0.2, 0) is 6.42 Å². The van der Waals surface area contributed by atoms with E-state index in [1.54, 1.807) is 6.33 Å². The molecule has 0 fully saturated rings. The standard InChI is InChI=1S/C12H21N3/c1-5-6-13-12-10(4)11(7-9(2)3)14-8-15-12/h8-9H,5-7H2,1-4H3,(H,13,14,15). The van der Waals surface area contributed by atoms with Crippen LogP contribution < -0.4 is 5.32 Å². The van der Waals surface area contributed by atoms with Gasteiger partial charge in [0, 0.05) is 17.8 Å². The molecule has 0 aliphatic heterocycles. The first-order valence-electron chi connectivity index (χ1n) is 5.69. The van der Waals surface area contributed by atoms with Gasteiger partial charge in [0.2, 0.25) is 0 Å². The zero-order valence-electron chi connectivity index (χ0n) is 10.2. The summed E-state index contributed by atoms with van der Waals surface area (Å²) < 4.78 is 0. The molecule has 0 saturated heterocycles. The molecule has 1 aromatic rings. The fourth-order valence-electron chi connectivity index (χ4n) is 1.50. The van der Waals surface area contributed by atoms with E-state index in [2.05, 4.69) is 43.0 Å². The summed E-state index contributed by atoms with van der Waals surface area (Å²) in [5.74, 6) is 1.63. The van der Waals surface area contributed by atoms with Crippen LogP contribution in [0.2, 0.25) is 0 Å². The van der Waals surface area contributed by atoms with Crippen molar-refractivity contribution in [3.63, 3.8) is 0 Å². The van der Waals surface area contributed by atoms with Crippen molar-refractivity contribution in [3.8, 4) is 0 Å². The Morgan fingerprint density at radius 1 is 1.33 bits per heavy atom. The Balaban J connectivity index is 2.80. The number of rotatable bonds is 5. The Labute approximate surface area is 92.3 Å². The van der Waals surface area contributed by atoms with Crippen LogP contribution >= 0.6 is 0 Å². The number of aromatic nitrogens is 2. The molecule has 0 unspecified atom stereocenters. The zero-order valence-corrected chi connectivity index (χ0v) is 10.2. The molecular formula is C12H21N3. The van der Waals surface area contributed by atoms with Gasteiger partial charge < -0.3 is 5.32 Å². The molecule has 0 aliphatic rings. The highest BCUT2D eigenvalue weighted by Crippen LogP contribution is 2.16. The Bertz CT molecular complexity index is 308. The maximum atomic E-state index is 4.34. The van der Waals surface area contributed by atoms with Gasteiger partial charge >= 0.3 is 0 Å². The van der Waals surface area contributed by atoms with Crippen LogP contribution in [0.15, 0.2) is 6.33 Å². The van der Waals surface area contributed by atoms with Crippen LogP contribution in [0.1, 0.15) is 38.4 Å². The lowest BCUT2D eigenvalue weighted by atomic mass is 10.0. The summed E-state index contributed by atoms with van der Waals surface area (Å²) in [7, 11) is 0. The largest absolute Gasteiger partial charge is 0.370 e. The van der Waals surface area contributed by atoms with Gasteiger partial charge in [-0.2, -0.15) is 0 Å². The average Bonchev–Trinajstić information content (AvgIpc) is 2.19. The summed E-state index contributed by atoms with van der Waals surface area (Å²) in [5.41, 5.74) is 2.36. The van der Waals surface area contributed by atoms with E-state index in [1.807, 2.05) is 0 Å². The molecule has 1 heterocycles. The molecule has 3 heteroatoms. The summed E-state index contributed by atoms with van der Waals surface area (Å²) in [4.78, 5) is 8.60. The number of nitrogens with one attached hydrogen (secondary N) is 1. The predicted molar refractivity (Wildman–Crippen MR) is 64.1 cm³/mol. The third-order valence-corrected chi connectivity index (χ3v) is 2.33. The van der Waals surface area contributed by atoms with Gasteiger partial charge in [-0.3, -0.25) is 0 Å². The van der Waals surface area contributed by atoms with Crippen LogP contribution in [0.25, 0.3) is 0 Å². The third-order valence-electron chi connectivity index (χ3n) is 2.33. The normalized spacial score (nSPS) is 10.7. The number of anilines is 1. The van der Waals surface area contributed by atoms with E-state index in [0.29, 0.717) is 5.92 Å². The van der Waals surface area contributed by atoms with Crippen molar-refractivity contribution in [2.24, 2.45) is 5.92 Å². The van der Waals surface area contributed by atoms with E-state index in [0.717, 1.165) is 25.2 Å². The van der Waals surface area contributed by atoms with Crippen molar-refractivity contribution in [1.82, 2.24) is 9.97 Å². The van der Waals surface area contributed by atoms with E-state index in [9.17, 15) is 0 Å². The molecule has 84 valence electrons. The number of hydrogen-bond acceptors (Lipinski definition) is 3. The molecule has 0 atom stereocenters. The molecule has 1 N–H and O–H groups in total. The van der Waals surface area contributed by atoms with Gasteiger partial charge in [-0.15, -0.1) is 0 Å². The average molecular weight is 207 g/mol. The minimum absolute atomic E-state index is 0.637. The van der Waals surface area contributed by atoms with Crippen molar-refractivity contribution in [1.29, 1.82) is 0 Å². The molecule has 3 nitrogen and oxygen atoms in total. The van der Waals surface area contributed by atoms with Crippen LogP contribution in [0, 0.1) is 12.8 Å². The highest BCUT2D eigenvalue weighted by Gasteiger charge is 2.07. The van der Waals surface area contributed by atoms with Crippen LogP contribution in [0.4, 0.5) is 5.82 Å². The summed E-state index contributed by atoms with van der Waals surface area (Å²) >= 11 is 0. The quantitative estimate of drug-likeness (QED) is 0.806. The number of hydrogen-bond donors (Lipinski definition) is 1. The molecule has 1 aromatic heterocycles. The maximum absolute atomic E-state index is 4.34. The zero-order chi connectivity index (χ0) is 11.3. The highest BCUT2D eigenvalue weighted by atomic mass is 15.0. The molecule has 0 bridgehead atoms. The second-order valence-corrected chi connectivity index (χ2v) is 4.32. The predicted octanol–water partition coefficient (Wildman–Crippen LogP) is 2.81. The van der Waals surface area contributed by atoms with E-state index >= 15 is 0 Å². The molecule has 0 spiro atoms. The van der Waals surface area contributed by atoms with E-state index < -0.39 is 0 Å². The van der Waals surface area contributed by atoms with Gasteiger partial charge in [-0.1, -0.05) is 20.8 Å². The lowest BCUT2D eigenvalue weighted by Crippen LogP contribution is -2.08. The van der Waals surface area contributed by atoms with Gasteiger partial charge in [0.1, 0.15) is 12.1 Å². The Hall–Kier alpha value is -1.12. The van der Waals surface area contributed by atoms with Crippen molar-refractivity contribution >= 4 is 5.82 Å².